The first-order valence-electron chi connectivity index (χ1n) is 9.22. The maximum Gasteiger partial charge on any atom is 0.193 e. The van der Waals surface area contributed by atoms with Gasteiger partial charge in [-0.25, -0.2) is 0 Å². The third-order valence-electron chi connectivity index (χ3n) is 5.33. The molecule has 3 fully saturated rings. The van der Waals surface area contributed by atoms with Crippen LogP contribution in [0, 0.1) is 5.92 Å². The summed E-state index contributed by atoms with van der Waals surface area (Å²) in [5, 5.41) is 3.50. The van der Waals surface area contributed by atoms with Crippen LogP contribution in [0.25, 0.3) is 0 Å². The minimum atomic E-state index is 0.680. The fourth-order valence-electron chi connectivity index (χ4n) is 4.01. The maximum atomic E-state index is 5.48. The first-order chi connectivity index (χ1) is 10.9. The quantitative estimate of drug-likeness (QED) is 0.632. The molecule has 2 heterocycles. The summed E-state index contributed by atoms with van der Waals surface area (Å²) in [6, 6.07) is 0.680. The third-order valence-corrected chi connectivity index (χ3v) is 5.33. The normalized spacial score (nSPS) is 28.5. The van der Waals surface area contributed by atoms with Gasteiger partial charge in [0.2, 0.25) is 0 Å². The van der Waals surface area contributed by atoms with Crippen molar-refractivity contribution in [1.82, 2.24) is 15.1 Å². The minimum absolute atomic E-state index is 0.680. The van der Waals surface area contributed by atoms with Gasteiger partial charge in [0.25, 0.3) is 0 Å². The van der Waals surface area contributed by atoms with Crippen LogP contribution >= 0.6 is 0 Å². The lowest BCUT2D eigenvalue weighted by atomic mass is 10.1. The average molecular weight is 308 g/mol. The van der Waals surface area contributed by atoms with Gasteiger partial charge in [0, 0.05) is 45.3 Å². The van der Waals surface area contributed by atoms with Gasteiger partial charge in [0.05, 0.1) is 13.2 Å². The predicted molar refractivity (Wildman–Crippen MR) is 90.3 cm³/mol. The molecular formula is C17H32N4O. The molecule has 1 N–H and O–H groups in total. The van der Waals surface area contributed by atoms with Crippen molar-refractivity contribution in [2.75, 3.05) is 52.5 Å². The second kappa shape index (κ2) is 8.16. The zero-order chi connectivity index (χ0) is 15.2. The van der Waals surface area contributed by atoms with E-state index in [4.69, 9.17) is 9.73 Å². The number of morpholine rings is 1. The van der Waals surface area contributed by atoms with Crippen molar-refractivity contribution in [1.29, 1.82) is 0 Å². The van der Waals surface area contributed by atoms with Gasteiger partial charge in [-0.1, -0.05) is 12.8 Å². The number of ether oxygens (including phenoxy) is 1. The van der Waals surface area contributed by atoms with Gasteiger partial charge in [-0.05, 0) is 32.1 Å². The highest BCUT2D eigenvalue weighted by atomic mass is 16.5. The molecular weight excluding hydrogens is 276 g/mol. The van der Waals surface area contributed by atoms with Crippen LogP contribution < -0.4 is 5.32 Å². The fraction of sp³-hybridized carbons (Fsp3) is 0.941. The summed E-state index contributed by atoms with van der Waals surface area (Å²) in [4.78, 5) is 10.0. The van der Waals surface area contributed by atoms with E-state index in [9.17, 15) is 0 Å². The van der Waals surface area contributed by atoms with Gasteiger partial charge in [-0.3, -0.25) is 9.89 Å². The lowest BCUT2D eigenvalue weighted by Gasteiger charge is -2.32. The molecule has 0 spiro atoms. The highest BCUT2D eigenvalue weighted by Gasteiger charge is 2.30. The molecule has 0 aromatic heterocycles. The molecule has 0 amide bonds. The van der Waals surface area contributed by atoms with Crippen LogP contribution in [0.2, 0.25) is 0 Å². The maximum absolute atomic E-state index is 5.48. The molecule has 5 nitrogen and oxygen atoms in total. The molecule has 1 aliphatic carbocycles. The second-order valence-corrected chi connectivity index (χ2v) is 6.88. The molecule has 5 heteroatoms. The van der Waals surface area contributed by atoms with Crippen LogP contribution in [0.5, 0.6) is 0 Å². The van der Waals surface area contributed by atoms with Crippen LogP contribution in [0.3, 0.4) is 0 Å². The summed E-state index contributed by atoms with van der Waals surface area (Å²) < 4.78 is 5.48. The molecule has 22 heavy (non-hydrogen) atoms. The zero-order valence-corrected chi connectivity index (χ0v) is 14.1. The summed E-state index contributed by atoms with van der Waals surface area (Å²) in [6.45, 7) is 10.4. The summed E-state index contributed by atoms with van der Waals surface area (Å²) in [6.07, 6.45) is 6.81. The highest BCUT2D eigenvalue weighted by molar-refractivity contribution is 5.80. The Hall–Kier alpha value is -0.810. The summed E-state index contributed by atoms with van der Waals surface area (Å²) in [7, 11) is 0. The first kappa shape index (κ1) is 16.1. The Morgan fingerprint density at radius 1 is 1.14 bits per heavy atom. The van der Waals surface area contributed by atoms with Crippen molar-refractivity contribution in [3.8, 4) is 0 Å². The Morgan fingerprint density at radius 2 is 1.91 bits per heavy atom. The molecule has 1 saturated carbocycles. The topological polar surface area (TPSA) is 40.1 Å². The largest absolute Gasteiger partial charge is 0.379 e. The van der Waals surface area contributed by atoms with Crippen molar-refractivity contribution in [3.05, 3.63) is 0 Å². The smallest absolute Gasteiger partial charge is 0.193 e. The van der Waals surface area contributed by atoms with Gasteiger partial charge in [-0.2, -0.15) is 0 Å². The van der Waals surface area contributed by atoms with Crippen LogP contribution in [0.1, 0.15) is 39.0 Å². The Labute approximate surface area is 135 Å². The molecule has 2 saturated heterocycles. The summed E-state index contributed by atoms with van der Waals surface area (Å²) in [5.74, 6) is 1.97. The summed E-state index contributed by atoms with van der Waals surface area (Å²) >= 11 is 0. The molecule has 0 radical (unpaired) electrons. The molecule has 3 aliphatic rings. The van der Waals surface area contributed by atoms with E-state index in [1.165, 1.54) is 32.1 Å². The predicted octanol–water partition coefficient (Wildman–Crippen LogP) is 1.55. The van der Waals surface area contributed by atoms with Crippen LogP contribution in [-0.4, -0.2) is 74.3 Å². The van der Waals surface area contributed by atoms with E-state index in [-0.39, 0.29) is 0 Å². The van der Waals surface area contributed by atoms with E-state index in [1.807, 2.05) is 0 Å². The summed E-state index contributed by atoms with van der Waals surface area (Å²) in [5.41, 5.74) is 0. The fourth-order valence-corrected chi connectivity index (χ4v) is 4.01. The molecule has 1 atom stereocenters. The molecule has 0 bridgehead atoms. The van der Waals surface area contributed by atoms with E-state index >= 15 is 0 Å². The third kappa shape index (κ3) is 4.13. The minimum Gasteiger partial charge on any atom is -0.379 e. The van der Waals surface area contributed by atoms with Crippen molar-refractivity contribution in [2.45, 2.75) is 45.1 Å². The number of likely N-dealkylation sites (tertiary alicyclic amines) is 1. The van der Waals surface area contributed by atoms with Crippen LogP contribution in [-0.2, 0) is 4.74 Å². The number of hydrogen-bond donors (Lipinski definition) is 1. The van der Waals surface area contributed by atoms with E-state index in [0.29, 0.717) is 6.04 Å². The lowest BCUT2D eigenvalue weighted by molar-refractivity contribution is 0.0195. The van der Waals surface area contributed by atoms with Gasteiger partial charge < -0.3 is 15.0 Å². The van der Waals surface area contributed by atoms with E-state index in [2.05, 4.69) is 22.0 Å². The van der Waals surface area contributed by atoms with E-state index in [1.54, 1.807) is 0 Å². The number of guanidine groups is 1. The first-order valence-corrected chi connectivity index (χ1v) is 9.22. The second-order valence-electron chi connectivity index (χ2n) is 6.88. The van der Waals surface area contributed by atoms with Gasteiger partial charge in [-0.15, -0.1) is 0 Å². The Kier molecular flexibility index (Phi) is 5.96. The number of rotatable bonds is 4. The standard InChI is InChI=1S/C17H32N4O/c1-2-18-17(19-13-15-5-3-4-6-15)21-8-7-16(14-21)20-9-11-22-12-10-20/h15-16H,2-14H2,1H3,(H,18,19). The number of nitrogens with one attached hydrogen (secondary N) is 1. The van der Waals surface area contributed by atoms with Gasteiger partial charge >= 0.3 is 0 Å². The molecule has 0 aromatic rings. The molecule has 1 unspecified atom stereocenters. The van der Waals surface area contributed by atoms with E-state index < -0.39 is 0 Å². The van der Waals surface area contributed by atoms with Crippen molar-refractivity contribution in [2.24, 2.45) is 10.9 Å². The number of nitrogens with zero attached hydrogens (tertiary/aromatic N) is 3. The zero-order valence-electron chi connectivity index (χ0n) is 14.1. The molecule has 126 valence electrons. The number of hydrogen-bond acceptors (Lipinski definition) is 3. The SMILES string of the molecule is CCNC(=NCC1CCCC1)N1CCC(N2CCOCC2)C1. The highest BCUT2D eigenvalue weighted by Crippen LogP contribution is 2.25. The molecule has 3 rings (SSSR count). The lowest BCUT2D eigenvalue weighted by Crippen LogP contribution is -2.46. The Bertz CT molecular complexity index is 362. The van der Waals surface area contributed by atoms with Crippen LogP contribution in [0.4, 0.5) is 0 Å². The van der Waals surface area contributed by atoms with Gasteiger partial charge in [0.1, 0.15) is 0 Å². The van der Waals surface area contributed by atoms with Crippen molar-refractivity contribution >= 4 is 5.96 Å². The Morgan fingerprint density at radius 3 is 2.64 bits per heavy atom. The van der Waals surface area contributed by atoms with Crippen molar-refractivity contribution in [3.63, 3.8) is 0 Å². The van der Waals surface area contributed by atoms with Gasteiger partial charge in [0.15, 0.2) is 5.96 Å². The van der Waals surface area contributed by atoms with Crippen LogP contribution in [0.15, 0.2) is 4.99 Å². The number of aliphatic imine (C=N–C) groups is 1. The average Bonchev–Trinajstić information content (AvgIpc) is 3.24. The molecule has 2 aliphatic heterocycles. The molecule has 0 aromatic carbocycles. The Balaban J connectivity index is 1.53. The van der Waals surface area contributed by atoms with E-state index in [0.717, 1.165) is 64.4 Å². The van der Waals surface area contributed by atoms with Crippen molar-refractivity contribution < 1.29 is 4.74 Å². The monoisotopic (exact) mass is 308 g/mol.